The zero-order chi connectivity index (χ0) is 13.8. The highest BCUT2D eigenvalue weighted by Crippen LogP contribution is 2.27. The van der Waals surface area contributed by atoms with Crippen LogP contribution in [0.4, 0.5) is 0 Å². The summed E-state index contributed by atoms with van der Waals surface area (Å²) in [6, 6.07) is -1.26. The molecule has 0 aromatic rings. The fraction of sp³-hybridized carbons (Fsp3) is 0.818. The Labute approximate surface area is 111 Å². The van der Waals surface area contributed by atoms with Crippen LogP contribution in [0.1, 0.15) is 13.3 Å². The number of carbonyl (C=O) groups is 2. The Bertz CT molecular complexity index is 326. The van der Waals surface area contributed by atoms with E-state index in [1.807, 2.05) is 6.26 Å². The van der Waals surface area contributed by atoms with Gasteiger partial charge in [0.15, 0.2) is 0 Å². The van der Waals surface area contributed by atoms with Crippen LogP contribution in [0.3, 0.4) is 0 Å². The molecular weight excluding hydrogens is 256 g/mol. The number of carboxylic acid groups (broad SMARTS) is 1. The van der Waals surface area contributed by atoms with Gasteiger partial charge >= 0.3 is 5.97 Å². The molecule has 3 unspecified atom stereocenters. The molecule has 0 aromatic heterocycles. The number of carboxylic acids is 1. The number of hydrogen-bond acceptors (Lipinski definition) is 5. The molecule has 0 bridgehead atoms. The topological polar surface area (TPSA) is 102 Å². The lowest BCUT2D eigenvalue weighted by molar-refractivity contribution is -0.143. The van der Waals surface area contributed by atoms with E-state index in [1.165, 1.54) is 0 Å². The van der Waals surface area contributed by atoms with Gasteiger partial charge in [0.2, 0.25) is 5.91 Å². The van der Waals surface area contributed by atoms with Gasteiger partial charge in [0.05, 0.1) is 18.6 Å². The van der Waals surface area contributed by atoms with E-state index in [4.69, 9.17) is 15.6 Å². The molecule has 6 nitrogen and oxygen atoms in total. The Hall–Kier alpha value is -0.790. The Morgan fingerprint density at radius 3 is 2.78 bits per heavy atom. The standard InChI is InChI=1S/C11H20N2O4S/c1-11(6-17-5-8(11)12)10(16)13-7(9(14)15)3-4-18-2/h7-8H,3-6,12H2,1-2H3,(H,13,16)(H,14,15). The Balaban J connectivity index is 2.63. The minimum atomic E-state index is -1.02. The maximum atomic E-state index is 12.1. The number of thioether (sulfide) groups is 1. The summed E-state index contributed by atoms with van der Waals surface area (Å²) in [4.78, 5) is 23.2. The zero-order valence-corrected chi connectivity index (χ0v) is 11.5. The quantitative estimate of drug-likeness (QED) is 0.614. The number of rotatable bonds is 6. The van der Waals surface area contributed by atoms with Crippen LogP contribution in [-0.4, -0.2) is 54.3 Å². The predicted octanol–water partition coefficient (Wildman–Crippen LogP) is -0.327. The summed E-state index contributed by atoms with van der Waals surface area (Å²) in [5.74, 6) is -0.689. The first-order chi connectivity index (χ1) is 8.41. The minimum absolute atomic E-state index is 0.231. The van der Waals surface area contributed by atoms with Gasteiger partial charge in [-0.25, -0.2) is 4.79 Å². The van der Waals surface area contributed by atoms with E-state index in [0.29, 0.717) is 18.8 Å². The molecule has 104 valence electrons. The monoisotopic (exact) mass is 276 g/mol. The van der Waals surface area contributed by atoms with Crippen molar-refractivity contribution < 1.29 is 19.4 Å². The molecule has 1 heterocycles. The van der Waals surface area contributed by atoms with Gasteiger partial charge in [0, 0.05) is 6.04 Å². The van der Waals surface area contributed by atoms with Crippen LogP contribution >= 0.6 is 11.8 Å². The average Bonchev–Trinajstić information content (AvgIpc) is 2.65. The Kier molecular flexibility index (Phi) is 5.43. The van der Waals surface area contributed by atoms with Gasteiger partial charge in [-0.05, 0) is 25.4 Å². The van der Waals surface area contributed by atoms with Crippen molar-refractivity contribution in [2.75, 3.05) is 25.2 Å². The molecule has 18 heavy (non-hydrogen) atoms. The first-order valence-electron chi connectivity index (χ1n) is 5.78. The molecule has 0 aliphatic carbocycles. The lowest BCUT2D eigenvalue weighted by Gasteiger charge is -2.27. The average molecular weight is 276 g/mol. The first kappa shape index (κ1) is 15.3. The van der Waals surface area contributed by atoms with Crippen molar-refractivity contribution in [2.45, 2.75) is 25.4 Å². The Morgan fingerprint density at radius 2 is 2.33 bits per heavy atom. The highest BCUT2D eigenvalue weighted by Gasteiger charge is 2.45. The minimum Gasteiger partial charge on any atom is -0.480 e. The molecule has 1 rings (SSSR count). The van der Waals surface area contributed by atoms with Crippen molar-refractivity contribution in [1.29, 1.82) is 0 Å². The molecule has 0 aromatic carbocycles. The number of amides is 1. The second-order valence-electron chi connectivity index (χ2n) is 4.68. The molecule has 4 N–H and O–H groups in total. The molecule has 1 amide bonds. The van der Waals surface area contributed by atoms with Crippen molar-refractivity contribution >= 4 is 23.6 Å². The molecular formula is C11H20N2O4S. The highest BCUT2D eigenvalue weighted by molar-refractivity contribution is 7.98. The van der Waals surface area contributed by atoms with Gasteiger partial charge in [-0.2, -0.15) is 11.8 Å². The number of aliphatic carboxylic acids is 1. The van der Waals surface area contributed by atoms with Gasteiger partial charge in [0.1, 0.15) is 6.04 Å². The summed E-state index contributed by atoms with van der Waals surface area (Å²) in [5, 5.41) is 11.6. The van der Waals surface area contributed by atoms with Crippen LogP contribution in [0, 0.1) is 5.41 Å². The summed E-state index contributed by atoms with van der Waals surface area (Å²) < 4.78 is 5.18. The zero-order valence-electron chi connectivity index (χ0n) is 10.6. The second-order valence-corrected chi connectivity index (χ2v) is 5.67. The molecule has 0 radical (unpaired) electrons. The van der Waals surface area contributed by atoms with Gasteiger partial charge in [0.25, 0.3) is 0 Å². The van der Waals surface area contributed by atoms with E-state index in [1.54, 1.807) is 18.7 Å². The van der Waals surface area contributed by atoms with Gasteiger partial charge in [-0.1, -0.05) is 0 Å². The van der Waals surface area contributed by atoms with Gasteiger partial charge < -0.3 is 20.9 Å². The van der Waals surface area contributed by atoms with E-state index >= 15 is 0 Å². The molecule has 3 atom stereocenters. The maximum Gasteiger partial charge on any atom is 0.326 e. The molecule has 7 heteroatoms. The Morgan fingerprint density at radius 1 is 1.67 bits per heavy atom. The van der Waals surface area contributed by atoms with Crippen LogP contribution in [0.5, 0.6) is 0 Å². The SMILES string of the molecule is CSCCC(NC(=O)C1(C)COCC1N)C(=O)O. The van der Waals surface area contributed by atoms with Crippen LogP contribution in [-0.2, 0) is 14.3 Å². The maximum absolute atomic E-state index is 12.1. The number of carbonyl (C=O) groups excluding carboxylic acids is 1. The molecule has 1 aliphatic heterocycles. The fourth-order valence-corrected chi connectivity index (χ4v) is 2.21. The summed E-state index contributed by atoms with van der Waals surface area (Å²) in [5.41, 5.74) is 4.99. The van der Waals surface area contributed by atoms with E-state index in [9.17, 15) is 9.59 Å². The fourth-order valence-electron chi connectivity index (χ4n) is 1.74. The molecule has 1 saturated heterocycles. The third-order valence-corrected chi connectivity index (χ3v) is 3.89. The molecule has 1 aliphatic rings. The third-order valence-electron chi connectivity index (χ3n) is 3.25. The van der Waals surface area contributed by atoms with Gasteiger partial charge in [-0.3, -0.25) is 4.79 Å². The van der Waals surface area contributed by atoms with Crippen molar-refractivity contribution in [3.05, 3.63) is 0 Å². The molecule has 1 fully saturated rings. The second kappa shape index (κ2) is 6.40. The van der Waals surface area contributed by atoms with Crippen molar-refractivity contribution in [2.24, 2.45) is 11.1 Å². The van der Waals surface area contributed by atoms with E-state index < -0.39 is 23.5 Å². The number of hydrogen-bond donors (Lipinski definition) is 3. The van der Waals surface area contributed by atoms with Gasteiger partial charge in [-0.15, -0.1) is 0 Å². The van der Waals surface area contributed by atoms with Crippen molar-refractivity contribution in [1.82, 2.24) is 5.32 Å². The van der Waals surface area contributed by atoms with Crippen LogP contribution < -0.4 is 11.1 Å². The first-order valence-corrected chi connectivity index (χ1v) is 7.17. The van der Waals surface area contributed by atoms with E-state index in [-0.39, 0.29) is 12.5 Å². The summed E-state index contributed by atoms with van der Waals surface area (Å²) in [6.45, 7) is 2.26. The lowest BCUT2D eigenvalue weighted by atomic mass is 9.84. The van der Waals surface area contributed by atoms with Crippen LogP contribution in [0.2, 0.25) is 0 Å². The van der Waals surface area contributed by atoms with Crippen molar-refractivity contribution in [3.8, 4) is 0 Å². The summed E-state index contributed by atoms with van der Waals surface area (Å²) >= 11 is 1.54. The predicted molar refractivity (Wildman–Crippen MR) is 69.5 cm³/mol. The number of ether oxygens (including phenoxy) is 1. The third kappa shape index (κ3) is 3.37. The van der Waals surface area contributed by atoms with E-state index in [2.05, 4.69) is 5.32 Å². The van der Waals surface area contributed by atoms with Crippen molar-refractivity contribution in [3.63, 3.8) is 0 Å². The lowest BCUT2D eigenvalue weighted by Crippen LogP contribution is -2.54. The van der Waals surface area contributed by atoms with Crippen LogP contribution in [0.25, 0.3) is 0 Å². The normalized spacial score (nSPS) is 28.9. The number of nitrogens with one attached hydrogen (secondary N) is 1. The summed E-state index contributed by atoms with van der Waals surface area (Å²) in [6.07, 6.45) is 2.29. The highest BCUT2D eigenvalue weighted by atomic mass is 32.2. The number of nitrogens with two attached hydrogens (primary N) is 1. The van der Waals surface area contributed by atoms with E-state index in [0.717, 1.165) is 0 Å². The smallest absolute Gasteiger partial charge is 0.326 e. The molecule has 0 saturated carbocycles. The van der Waals surface area contributed by atoms with Crippen LogP contribution in [0.15, 0.2) is 0 Å². The molecule has 0 spiro atoms. The summed E-state index contributed by atoms with van der Waals surface area (Å²) in [7, 11) is 0. The largest absolute Gasteiger partial charge is 0.480 e.